The van der Waals surface area contributed by atoms with Crippen LogP contribution in [0.5, 0.6) is 0 Å². The van der Waals surface area contributed by atoms with E-state index in [1.54, 1.807) is 0 Å². The Balaban J connectivity index is 3.05. The lowest BCUT2D eigenvalue weighted by atomic mass is 10.1. The Hall–Kier alpha value is -1.11. The summed E-state index contributed by atoms with van der Waals surface area (Å²) in [6.07, 6.45) is -4.29. The number of rotatable bonds is 2. The van der Waals surface area contributed by atoms with Gasteiger partial charge in [0.15, 0.2) is 0 Å². The Bertz CT molecular complexity index is 341. The van der Waals surface area contributed by atoms with Crippen LogP contribution < -0.4 is 5.73 Å². The molecule has 0 saturated heterocycles. The fraction of sp³-hybridized carbons (Fsp3) is 0.500. The van der Waals surface area contributed by atoms with Crippen LogP contribution in [0.3, 0.4) is 0 Å². The van der Waals surface area contributed by atoms with Crippen molar-refractivity contribution in [1.29, 1.82) is 0 Å². The summed E-state index contributed by atoms with van der Waals surface area (Å²) in [6, 6.07) is 0.0869. The summed E-state index contributed by atoms with van der Waals surface area (Å²) in [5.74, 6) is -4.93. The quantitative estimate of drug-likeness (QED) is 0.773. The highest BCUT2D eigenvalue weighted by Gasteiger charge is 2.62. The van der Waals surface area contributed by atoms with Gasteiger partial charge < -0.3 is 10.3 Å². The van der Waals surface area contributed by atoms with Crippen LogP contribution in [0.1, 0.15) is 11.7 Å². The highest BCUT2D eigenvalue weighted by atomic mass is 19.4. The number of nitrogens with zero attached hydrogens (tertiary/aromatic N) is 1. The van der Waals surface area contributed by atoms with Gasteiger partial charge in [0.05, 0.1) is 0 Å². The molecule has 86 valence electrons. The average Bonchev–Trinajstić information content (AvgIpc) is 2.48. The number of aromatic nitrogens is 1. The minimum atomic E-state index is -5.64. The van der Waals surface area contributed by atoms with Gasteiger partial charge in [-0.25, -0.2) is 0 Å². The van der Waals surface area contributed by atoms with Crippen LogP contribution in [-0.4, -0.2) is 16.7 Å². The first-order valence-electron chi connectivity index (χ1n) is 3.99. The van der Waals surface area contributed by atoms with Crippen LogP contribution in [0.4, 0.5) is 22.0 Å². The van der Waals surface area contributed by atoms with E-state index in [9.17, 15) is 22.0 Å². The molecule has 0 amide bonds. The van der Waals surface area contributed by atoms with Gasteiger partial charge in [-0.15, -0.1) is 0 Å². The Morgan fingerprint density at radius 3 is 2.13 bits per heavy atom. The smallest absolute Gasteiger partial charge is 0.353 e. The molecule has 7 heteroatoms. The molecule has 0 aliphatic rings. The van der Waals surface area contributed by atoms with Crippen LogP contribution >= 0.6 is 0 Å². The number of hydrogen-bond donors (Lipinski definition) is 1. The van der Waals surface area contributed by atoms with Crippen LogP contribution in [0, 0.1) is 0 Å². The Labute approximate surface area is 82.5 Å². The lowest BCUT2D eigenvalue weighted by Crippen LogP contribution is -2.46. The molecule has 2 nitrogen and oxygen atoms in total. The van der Waals surface area contributed by atoms with Gasteiger partial charge in [-0.05, 0) is 12.1 Å². The first-order valence-corrected chi connectivity index (χ1v) is 3.99. The highest BCUT2D eigenvalue weighted by Crippen LogP contribution is 2.43. The van der Waals surface area contributed by atoms with Gasteiger partial charge in [-0.2, -0.15) is 22.0 Å². The molecule has 0 aromatic carbocycles. The molecule has 1 rings (SSSR count). The van der Waals surface area contributed by atoms with E-state index in [0.717, 1.165) is 10.6 Å². The minimum Gasteiger partial charge on any atom is -0.353 e. The molecule has 0 bridgehead atoms. The van der Waals surface area contributed by atoms with Crippen molar-refractivity contribution in [1.82, 2.24) is 4.57 Å². The van der Waals surface area contributed by atoms with Crippen molar-refractivity contribution in [3.8, 4) is 0 Å². The molecule has 1 heterocycles. The molecular weight excluding hydrogens is 219 g/mol. The Morgan fingerprint density at radius 1 is 1.27 bits per heavy atom. The standard InChI is InChI=1S/C8H9F5N2/c1-15-4-2-3-5(15)6(14)7(9,10)8(11,12)13/h2-4,6H,14H2,1H3/t6-/m1/s1. The highest BCUT2D eigenvalue weighted by molar-refractivity contribution is 5.15. The summed E-state index contributed by atoms with van der Waals surface area (Å²) in [4.78, 5) is 0. The monoisotopic (exact) mass is 228 g/mol. The Kier molecular flexibility index (Phi) is 2.77. The number of hydrogen-bond acceptors (Lipinski definition) is 1. The topological polar surface area (TPSA) is 30.9 Å². The molecule has 0 unspecified atom stereocenters. The predicted molar refractivity (Wildman–Crippen MR) is 43.3 cm³/mol. The van der Waals surface area contributed by atoms with Crippen LogP contribution in [0.15, 0.2) is 18.3 Å². The molecule has 2 N–H and O–H groups in total. The zero-order valence-electron chi connectivity index (χ0n) is 7.72. The number of nitrogens with two attached hydrogens (primary N) is 1. The van der Waals surface area contributed by atoms with Gasteiger partial charge in [0.1, 0.15) is 6.04 Å². The van der Waals surface area contributed by atoms with Gasteiger partial charge in [0.2, 0.25) is 0 Å². The van der Waals surface area contributed by atoms with Gasteiger partial charge in [0.25, 0.3) is 0 Å². The zero-order valence-corrected chi connectivity index (χ0v) is 7.72. The van der Waals surface area contributed by atoms with E-state index in [2.05, 4.69) is 0 Å². The third-order valence-electron chi connectivity index (χ3n) is 2.07. The normalized spacial score (nSPS) is 15.4. The third-order valence-corrected chi connectivity index (χ3v) is 2.07. The number of halogens is 5. The SMILES string of the molecule is Cn1cccc1[C@@H](N)C(F)(F)C(F)(F)F. The molecule has 0 spiro atoms. The lowest BCUT2D eigenvalue weighted by Gasteiger charge is -2.26. The van der Waals surface area contributed by atoms with Gasteiger partial charge in [-0.1, -0.05) is 0 Å². The summed E-state index contributed by atoms with van der Waals surface area (Å²) in [6.45, 7) is 0. The van der Waals surface area contributed by atoms with Crippen LogP contribution in [0.2, 0.25) is 0 Å². The average molecular weight is 228 g/mol. The molecule has 0 aliphatic carbocycles. The van der Waals surface area contributed by atoms with Crippen molar-refractivity contribution < 1.29 is 22.0 Å². The molecule has 0 aliphatic heterocycles. The van der Waals surface area contributed by atoms with Gasteiger partial charge in [0, 0.05) is 18.9 Å². The first-order chi connectivity index (χ1) is 6.68. The molecule has 0 fully saturated rings. The zero-order chi connectivity index (χ0) is 11.9. The van der Waals surface area contributed by atoms with Crippen molar-refractivity contribution in [3.63, 3.8) is 0 Å². The minimum absolute atomic E-state index is 0.266. The molecule has 1 aromatic rings. The summed E-state index contributed by atoms with van der Waals surface area (Å²) >= 11 is 0. The number of alkyl halides is 5. The first kappa shape index (κ1) is 12.0. The summed E-state index contributed by atoms with van der Waals surface area (Å²) in [5, 5.41) is 0. The molecule has 0 saturated carbocycles. The Morgan fingerprint density at radius 2 is 1.80 bits per heavy atom. The fourth-order valence-corrected chi connectivity index (χ4v) is 1.16. The third kappa shape index (κ3) is 1.97. The second-order valence-corrected chi connectivity index (χ2v) is 3.14. The largest absolute Gasteiger partial charge is 0.455 e. The maximum absolute atomic E-state index is 12.8. The molecular formula is C8H9F5N2. The van der Waals surface area contributed by atoms with Crippen LogP contribution in [0.25, 0.3) is 0 Å². The molecule has 15 heavy (non-hydrogen) atoms. The van der Waals surface area contributed by atoms with E-state index in [1.807, 2.05) is 0 Å². The van der Waals surface area contributed by atoms with E-state index in [0.29, 0.717) is 0 Å². The van der Waals surface area contributed by atoms with E-state index in [-0.39, 0.29) is 5.69 Å². The second kappa shape index (κ2) is 3.48. The van der Waals surface area contributed by atoms with Crippen molar-refractivity contribution in [2.75, 3.05) is 0 Å². The fourth-order valence-electron chi connectivity index (χ4n) is 1.16. The van der Waals surface area contributed by atoms with Crippen molar-refractivity contribution in [2.24, 2.45) is 12.8 Å². The van der Waals surface area contributed by atoms with Crippen molar-refractivity contribution >= 4 is 0 Å². The predicted octanol–water partition coefficient (Wildman–Crippen LogP) is 2.22. The maximum atomic E-state index is 12.8. The van der Waals surface area contributed by atoms with Gasteiger partial charge in [-0.3, -0.25) is 0 Å². The molecule has 1 aromatic heterocycles. The summed E-state index contributed by atoms with van der Waals surface area (Å²) in [5.41, 5.74) is 4.65. The maximum Gasteiger partial charge on any atom is 0.455 e. The number of aryl methyl sites for hydroxylation is 1. The lowest BCUT2D eigenvalue weighted by molar-refractivity contribution is -0.291. The summed E-state index contributed by atoms with van der Waals surface area (Å²) < 4.78 is 62.6. The van der Waals surface area contributed by atoms with E-state index >= 15 is 0 Å². The summed E-state index contributed by atoms with van der Waals surface area (Å²) in [7, 11) is 1.35. The van der Waals surface area contributed by atoms with E-state index in [4.69, 9.17) is 5.73 Å². The van der Waals surface area contributed by atoms with Crippen LogP contribution in [-0.2, 0) is 7.05 Å². The van der Waals surface area contributed by atoms with Crippen molar-refractivity contribution in [3.05, 3.63) is 24.0 Å². The second-order valence-electron chi connectivity index (χ2n) is 3.14. The van der Waals surface area contributed by atoms with E-state index < -0.39 is 18.1 Å². The van der Waals surface area contributed by atoms with Crippen molar-refractivity contribution in [2.45, 2.75) is 18.1 Å². The molecule has 0 radical (unpaired) electrons. The molecule has 1 atom stereocenters. The van der Waals surface area contributed by atoms with Gasteiger partial charge >= 0.3 is 12.1 Å². The van der Waals surface area contributed by atoms with E-state index in [1.165, 1.54) is 19.3 Å².